The first-order chi connectivity index (χ1) is 8.81. The van der Waals surface area contributed by atoms with Gasteiger partial charge in [0.25, 0.3) is 5.91 Å². The molecule has 0 bridgehead atoms. The molecular weight excluding hydrogens is 264 g/mol. The van der Waals surface area contributed by atoms with E-state index in [1.165, 1.54) is 5.56 Å². The summed E-state index contributed by atoms with van der Waals surface area (Å²) in [7, 11) is 0. The lowest BCUT2D eigenvalue weighted by atomic mass is 10.1. The van der Waals surface area contributed by atoms with Gasteiger partial charge in [0, 0.05) is 18.7 Å². The molecule has 1 heterocycles. The van der Waals surface area contributed by atoms with Crippen molar-refractivity contribution in [2.45, 2.75) is 26.6 Å². The molecule has 106 valence electrons. The number of nitrogens with one attached hydrogen (secondary N) is 2. The van der Waals surface area contributed by atoms with Gasteiger partial charge in [0.1, 0.15) is 0 Å². The van der Waals surface area contributed by atoms with Crippen molar-refractivity contribution in [1.82, 2.24) is 10.6 Å². The maximum atomic E-state index is 11.9. The van der Waals surface area contributed by atoms with Crippen molar-refractivity contribution in [3.63, 3.8) is 0 Å². The van der Waals surface area contributed by atoms with Crippen LogP contribution in [0, 0.1) is 0 Å². The summed E-state index contributed by atoms with van der Waals surface area (Å²) in [6.07, 6.45) is 1.11. The summed E-state index contributed by atoms with van der Waals surface area (Å²) in [5, 5.41) is 6.16. The highest BCUT2D eigenvalue weighted by Gasteiger charge is 2.13. The second-order valence-corrected chi connectivity index (χ2v) is 4.48. The highest BCUT2D eigenvalue weighted by atomic mass is 35.5. The Morgan fingerprint density at radius 2 is 2.00 bits per heavy atom. The zero-order valence-electron chi connectivity index (χ0n) is 11.2. The van der Waals surface area contributed by atoms with Gasteiger partial charge in [-0.2, -0.15) is 0 Å². The zero-order chi connectivity index (χ0) is 12.8. The lowest BCUT2D eigenvalue weighted by Gasteiger charge is -2.07. The fourth-order valence-electron chi connectivity index (χ4n) is 1.98. The summed E-state index contributed by atoms with van der Waals surface area (Å²) in [6, 6.07) is 5.77. The van der Waals surface area contributed by atoms with E-state index in [1.807, 2.05) is 18.2 Å². The molecule has 2 rings (SSSR count). The van der Waals surface area contributed by atoms with Crippen LogP contribution >= 0.6 is 12.4 Å². The van der Waals surface area contributed by atoms with Crippen LogP contribution in [0.3, 0.4) is 0 Å². The molecule has 1 aromatic carbocycles. The fourth-order valence-corrected chi connectivity index (χ4v) is 1.98. The number of carbonyl (C=O) groups is 1. The number of hydrogen-bond donors (Lipinski definition) is 2. The molecule has 5 heteroatoms. The normalized spacial score (nSPS) is 12.7. The third-order valence-electron chi connectivity index (χ3n) is 3.00. The average molecular weight is 285 g/mol. The van der Waals surface area contributed by atoms with Gasteiger partial charge in [-0.1, -0.05) is 13.0 Å². The van der Waals surface area contributed by atoms with Crippen LogP contribution in [0.25, 0.3) is 0 Å². The Kier molecular flexibility index (Phi) is 6.84. The molecule has 1 amide bonds. The number of benzene rings is 1. The number of fused-ring (bicyclic) bond motifs is 1. The van der Waals surface area contributed by atoms with E-state index in [4.69, 9.17) is 4.74 Å². The molecule has 1 aliphatic heterocycles. The predicted molar refractivity (Wildman–Crippen MR) is 77.7 cm³/mol. The van der Waals surface area contributed by atoms with Crippen molar-refractivity contribution >= 4 is 18.3 Å². The van der Waals surface area contributed by atoms with E-state index in [2.05, 4.69) is 17.6 Å². The Morgan fingerprint density at radius 3 is 2.79 bits per heavy atom. The van der Waals surface area contributed by atoms with Crippen molar-refractivity contribution in [2.75, 3.05) is 19.6 Å². The van der Waals surface area contributed by atoms with Crippen LogP contribution in [0.15, 0.2) is 18.2 Å². The first kappa shape index (κ1) is 16.0. The van der Waals surface area contributed by atoms with Crippen LogP contribution in [0.4, 0.5) is 0 Å². The molecule has 0 radical (unpaired) electrons. The molecule has 1 aliphatic rings. The monoisotopic (exact) mass is 284 g/mol. The minimum atomic E-state index is -0.0111. The maximum Gasteiger partial charge on any atom is 0.251 e. The molecular formula is C14H21ClN2O2. The Bertz CT molecular complexity index is 424. The summed E-state index contributed by atoms with van der Waals surface area (Å²) in [6.45, 7) is 5.87. The van der Waals surface area contributed by atoms with Crippen LogP contribution in [0.2, 0.25) is 0 Å². The highest BCUT2D eigenvalue weighted by molar-refractivity contribution is 5.94. The largest absolute Gasteiger partial charge is 0.372 e. The Morgan fingerprint density at radius 1 is 1.21 bits per heavy atom. The molecule has 0 saturated heterocycles. The predicted octanol–water partition coefficient (Wildman–Crippen LogP) is 1.87. The third kappa shape index (κ3) is 4.49. The smallest absolute Gasteiger partial charge is 0.251 e. The van der Waals surface area contributed by atoms with Crippen molar-refractivity contribution in [3.8, 4) is 0 Å². The molecule has 0 atom stereocenters. The molecule has 0 unspecified atom stereocenters. The Balaban J connectivity index is 0.00000180. The van der Waals surface area contributed by atoms with Crippen LogP contribution in [0.1, 0.15) is 34.8 Å². The fraction of sp³-hybridized carbons (Fsp3) is 0.500. The summed E-state index contributed by atoms with van der Waals surface area (Å²) >= 11 is 0. The first-order valence-electron chi connectivity index (χ1n) is 6.49. The van der Waals surface area contributed by atoms with Crippen molar-refractivity contribution in [1.29, 1.82) is 0 Å². The molecule has 1 aromatic rings. The van der Waals surface area contributed by atoms with Crippen LogP contribution < -0.4 is 10.6 Å². The van der Waals surface area contributed by atoms with E-state index in [-0.39, 0.29) is 18.3 Å². The van der Waals surface area contributed by atoms with Gasteiger partial charge in [-0.15, -0.1) is 12.4 Å². The standard InChI is InChI=1S/C14H20N2O2.ClH/c1-2-5-15-6-7-16-14(17)11-3-4-12-9-18-10-13(12)8-11;/h3-4,8,15H,2,5-7,9-10H2,1H3,(H,16,17);1H. The van der Waals surface area contributed by atoms with E-state index in [0.29, 0.717) is 19.8 Å². The number of carbonyl (C=O) groups excluding carboxylic acids is 1. The second kappa shape index (κ2) is 8.15. The van der Waals surface area contributed by atoms with E-state index >= 15 is 0 Å². The van der Waals surface area contributed by atoms with E-state index in [1.54, 1.807) is 0 Å². The highest BCUT2D eigenvalue weighted by Crippen LogP contribution is 2.20. The molecule has 0 saturated carbocycles. The minimum absolute atomic E-state index is 0. The summed E-state index contributed by atoms with van der Waals surface area (Å²) < 4.78 is 5.33. The van der Waals surface area contributed by atoms with E-state index in [0.717, 1.165) is 30.6 Å². The van der Waals surface area contributed by atoms with Crippen molar-refractivity contribution in [3.05, 3.63) is 34.9 Å². The quantitative estimate of drug-likeness (QED) is 0.784. The lowest BCUT2D eigenvalue weighted by molar-refractivity contribution is 0.0954. The van der Waals surface area contributed by atoms with E-state index < -0.39 is 0 Å². The van der Waals surface area contributed by atoms with Crippen molar-refractivity contribution in [2.24, 2.45) is 0 Å². The molecule has 4 nitrogen and oxygen atoms in total. The SMILES string of the molecule is CCCNCCNC(=O)c1ccc2c(c1)COC2.Cl. The van der Waals surface area contributed by atoms with Gasteiger partial charge in [0.2, 0.25) is 0 Å². The van der Waals surface area contributed by atoms with Gasteiger partial charge in [-0.3, -0.25) is 4.79 Å². The second-order valence-electron chi connectivity index (χ2n) is 4.48. The molecule has 0 spiro atoms. The number of ether oxygens (including phenoxy) is 1. The zero-order valence-corrected chi connectivity index (χ0v) is 12.0. The molecule has 19 heavy (non-hydrogen) atoms. The van der Waals surface area contributed by atoms with Crippen molar-refractivity contribution < 1.29 is 9.53 Å². The van der Waals surface area contributed by atoms with Gasteiger partial charge in [0.15, 0.2) is 0 Å². The molecule has 0 aromatic heterocycles. The number of hydrogen-bond acceptors (Lipinski definition) is 3. The Labute approximate surface area is 120 Å². The maximum absolute atomic E-state index is 11.9. The topological polar surface area (TPSA) is 50.4 Å². The number of rotatable bonds is 6. The van der Waals surface area contributed by atoms with Crippen LogP contribution in [-0.4, -0.2) is 25.5 Å². The van der Waals surface area contributed by atoms with Gasteiger partial charge in [-0.25, -0.2) is 0 Å². The van der Waals surface area contributed by atoms with Crippen LogP contribution in [0.5, 0.6) is 0 Å². The summed E-state index contributed by atoms with van der Waals surface area (Å²) in [5.74, 6) is -0.0111. The average Bonchev–Trinajstić information content (AvgIpc) is 2.85. The number of amides is 1. The van der Waals surface area contributed by atoms with Gasteiger partial charge in [-0.05, 0) is 36.2 Å². The van der Waals surface area contributed by atoms with Gasteiger partial charge < -0.3 is 15.4 Å². The molecule has 2 N–H and O–H groups in total. The Hall–Kier alpha value is -1.10. The lowest BCUT2D eigenvalue weighted by Crippen LogP contribution is -2.32. The summed E-state index contributed by atoms with van der Waals surface area (Å²) in [4.78, 5) is 11.9. The first-order valence-corrected chi connectivity index (χ1v) is 6.49. The summed E-state index contributed by atoms with van der Waals surface area (Å²) in [5.41, 5.74) is 3.04. The van der Waals surface area contributed by atoms with Crippen LogP contribution in [-0.2, 0) is 18.0 Å². The third-order valence-corrected chi connectivity index (χ3v) is 3.00. The van der Waals surface area contributed by atoms with Gasteiger partial charge >= 0.3 is 0 Å². The minimum Gasteiger partial charge on any atom is -0.372 e. The molecule has 0 aliphatic carbocycles. The molecule has 0 fully saturated rings. The van der Waals surface area contributed by atoms with Gasteiger partial charge in [0.05, 0.1) is 13.2 Å². The van der Waals surface area contributed by atoms with E-state index in [9.17, 15) is 4.79 Å². The number of halogens is 1.